The second kappa shape index (κ2) is 20.9. The van der Waals surface area contributed by atoms with E-state index in [9.17, 15) is 20.1 Å². The minimum absolute atomic E-state index is 0.00562. The van der Waals surface area contributed by atoms with Gasteiger partial charge in [0.15, 0.2) is 5.15 Å². The standard InChI is InChI=1S/C43H61ClN8O9/c1-23-9-18-32(52(23)41(54)35(25(3)59-6)49-43(56)61-8)39-47-36(37(44)50-39)30-16-12-28(13-17-30)27-10-14-29(15-11-27)31-20-45-38(46-31)33-19-26(22-57-4)21-51(33)40(53)34(24(2)58-5)48-42(55)60-7/h10-17,20,23-26,32-35,40-42,48,53-55H,9,18-19,21-22H2,1-8H3,(H,45,46)(H,47,50)(H,49,56)/t23-,24+,25+,26-,32-,33-,34-,35-,40?,41?,42?/m0/s1. The van der Waals surface area contributed by atoms with Gasteiger partial charge in [0.2, 0.25) is 6.41 Å². The highest BCUT2D eigenvalue weighted by molar-refractivity contribution is 6.31. The Kier molecular flexibility index (Phi) is 16.0. The lowest BCUT2D eigenvalue weighted by atomic mass is 10.0. The molecule has 2 saturated heterocycles. The van der Waals surface area contributed by atoms with Crippen LogP contribution in [-0.2, 0) is 23.7 Å². The van der Waals surface area contributed by atoms with Crippen molar-refractivity contribution in [1.29, 1.82) is 0 Å². The molecule has 2 aromatic heterocycles. The zero-order valence-electron chi connectivity index (χ0n) is 36.0. The Morgan fingerprint density at radius 3 is 2.07 bits per heavy atom. The van der Waals surface area contributed by atoms with Crippen LogP contribution in [-0.4, -0.2) is 149 Å². The van der Waals surface area contributed by atoms with Gasteiger partial charge in [0.05, 0.1) is 67.7 Å². The molecular formula is C43H61ClN8O9. The molecule has 2 aliphatic heterocycles. The molecule has 0 bridgehead atoms. The molecule has 4 aromatic rings. The second-order valence-electron chi connectivity index (χ2n) is 15.9. The summed E-state index contributed by atoms with van der Waals surface area (Å²) in [5.41, 5.74) is 5.36. The van der Waals surface area contributed by atoms with Gasteiger partial charge in [-0.05, 0) is 62.6 Å². The molecule has 61 heavy (non-hydrogen) atoms. The van der Waals surface area contributed by atoms with Gasteiger partial charge in [-0.1, -0.05) is 60.1 Å². The summed E-state index contributed by atoms with van der Waals surface area (Å²) in [4.78, 5) is 32.5. The Balaban J connectivity index is 1.16. The molecule has 2 fully saturated rings. The molecule has 18 heteroatoms. The maximum atomic E-state index is 12.2. The van der Waals surface area contributed by atoms with E-state index in [-0.39, 0.29) is 24.0 Å². The van der Waals surface area contributed by atoms with Crippen molar-refractivity contribution in [2.24, 2.45) is 5.92 Å². The predicted octanol–water partition coefficient (Wildman–Crippen LogP) is 4.63. The topological polar surface area (TPSA) is 212 Å². The van der Waals surface area contributed by atoms with E-state index in [0.29, 0.717) is 36.2 Å². The average molecular weight is 869 g/mol. The van der Waals surface area contributed by atoms with Crippen LogP contribution in [0.25, 0.3) is 33.6 Å². The number of H-pyrrole nitrogens is 2. The molecular weight excluding hydrogens is 808 g/mol. The number of imidazole rings is 2. The first-order valence-electron chi connectivity index (χ1n) is 20.6. The highest BCUT2D eigenvalue weighted by atomic mass is 35.5. The number of carbonyl (C=O) groups excluding carboxylic acids is 1. The van der Waals surface area contributed by atoms with Gasteiger partial charge in [0.25, 0.3) is 0 Å². The number of aliphatic hydroxyl groups excluding tert-OH is 3. The zero-order valence-corrected chi connectivity index (χ0v) is 36.8. The van der Waals surface area contributed by atoms with Crippen molar-refractivity contribution in [3.8, 4) is 33.6 Å². The third kappa shape index (κ3) is 10.5. The Bertz CT molecular complexity index is 2000. The van der Waals surface area contributed by atoms with Crippen molar-refractivity contribution in [1.82, 2.24) is 40.4 Å². The van der Waals surface area contributed by atoms with Crippen LogP contribution < -0.4 is 10.6 Å². The number of aromatic amines is 2. The Hall–Kier alpha value is -3.98. The van der Waals surface area contributed by atoms with E-state index in [4.69, 9.17) is 45.3 Å². The first kappa shape index (κ1) is 46.5. The fraction of sp³-hybridized carbons (Fsp3) is 0.558. The number of rotatable bonds is 19. The molecule has 4 heterocycles. The predicted molar refractivity (Wildman–Crippen MR) is 229 cm³/mol. The van der Waals surface area contributed by atoms with E-state index < -0.39 is 49.3 Å². The van der Waals surface area contributed by atoms with Gasteiger partial charge in [-0.2, -0.15) is 0 Å². The van der Waals surface area contributed by atoms with Crippen LogP contribution in [0, 0.1) is 5.92 Å². The third-order valence-corrected chi connectivity index (χ3v) is 12.5. The molecule has 3 unspecified atom stereocenters. The Labute approximate surface area is 362 Å². The number of aromatic nitrogens is 4. The molecule has 11 atom stereocenters. The summed E-state index contributed by atoms with van der Waals surface area (Å²) in [5, 5.41) is 39.5. The first-order valence-corrected chi connectivity index (χ1v) is 21.0. The minimum atomic E-state index is -1.28. The van der Waals surface area contributed by atoms with E-state index >= 15 is 0 Å². The SMILES string of the molecule is COC[C@H]1C[C@@H](c2ncc(-c3ccc(-c4ccc(-c5[nH]c([C@@H]6CC[C@H](C)N6C(O)[C@@H](NC(=O)OC)[C@@H](C)OC)nc5Cl)cc4)cc3)[nH]2)N(C(O)[C@@H](NC(O)OC)[C@@H](C)OC)C1. The maximum Gasteiger partial charge on any atom is 0.407 e. The monoisotopic (exact) mass is 868 g/mol. The molecule has 17 nitrogen and oxygen atoms in total. The van der Waals surface area contributed by atoms with Crippen LogP contribution in [0.1, 0.15) is 63.8 Å². The number of nitrogens with one attached hydrogen (secondary N) is 4. The van der Waals surface area contributed by atoms with Crippen molar-refractivity contribution in [2.45, 2.75) is 101 Å². The average Bonchev–Trinajstić information content (AvgIpc) is 4.10. The minimum Gasteiger partial charge on any atom is -0.453 e. The van der Waals surface area contributed by atoms with Crippen LogP contribution in [0.15, 0.2) is 54.7 Å². The van der Waals surface area contributed by atoms with Crippen molar-refractivity contribution >= 4 is 17.7 Å². The molecule has 0 saturated carbocycles. The van der Waals surface area contributed by atoms with Crippen LogP contribution in [0.3, 0.4) is 0 Å². The smallest absolute Gasteiger partial charge is 0.407 e. The van der Waals surface area contributed by atoms with Crippen LogP contribution >= 0.6 is 11.6 Å². The molecule has 2 aliphatic rings. The number of ether oxygens (including phenoxy) is 5. The van der Waals surface area contributed by atoms with Crippen LogP contribution in [0.4, 0.5) is 4.79 Å². The summed E-state index contributed by atoms with van der Waals surface area (Å²) in [7, 11) is 7.41. The van der Waals surface area contributed by atoms with E-state index in [2.05, 4.69) is 32.7 Å². The van der Waals surface area contributed by atoms with Gasteiger partial charge in [-0.25, -0.2) is 14.8 Å². The fourth-order valence-electron chi connectivity index (χ4n) is 8.65. The fourth-order valence-corrected chi connectivity index (χ4v) is 8.90. The summed E-state index contributed by atoms with van der Waals surface area (Å²) < 4.78 is 26.4. The molecule has 2 aromatic carbocycles. The lowest BCUT2D eigenvalue weighted by Gasteiger charge is -2.38. The number of amides is 1. The highest BCUT2D eigenvalue weighted by Gasteiger charge is 2.44. The number of benzene rings is 2. The summed E-state index contributed by atoms with van der Waals surface area (Å²) >= 11 is 6.75. The number of alkyl carbamates (subject to hydrolysis) is 1. The van der Waals surface area contributed by atoms with E-state index in [1.165, 1.54) is 21.3 Å². The van der Waals surface area contributed by atoms with Crippen molar-refractivity contribution in [3.05, 3.63) is 71.5 Å². The Morgan fingerprint density at radius 1 is 0.836 bits per heavy atom. The molecule has 334 valence electrons. The third-order valence-electron chi connectivity index (χ3n) is 12.2. The van der Waals surface area contributed by atoms with Gasteiger partial charge in [-0.15, -0.1) is 0 Å². The number of methoxy groups -OCH3 is 5. The van der Waals surface area contributed by atoms with E-state index in [1.54, 1.807) is 21.1 Å². The van der Waals surface area contributed by atoms with E-state index in [0.717, 1.165) is 46.6 Å². The quantitative estimate of drug-likeness (QED) is 0.0641. The maximum absolute atomic E-state index is 12.2. The molecule has 0 spiro atoms. The second-order valence-corrected chi connectivity index (χ2v) is 16.3. The van der Waals surface area contributed by atoms with Gasteiger partial charge in [0, 0.05) is 46.6 Å². The Morgan fingerprint density at radius 2 is 1.46 bits per heavy atom. The van der Waals surface area contributed by atoms with Crippen molar-refractivity contribution in [3.63, 3.8) is 0 Å². The summed E-state index contributed by atoms with van der Waals surface area (Å²) in [6.07, 6.45) is -0.931. The number of hydrogen-bond donors (Lipinski definition) is 7. The van der Waals surface area contributed by atoms with Gasteiger partial charge >= 0.3 is 6.09 Å². The van der Waals surface area contributed by atoms with Gasteiger partial charge < -0.3 is 54.3 Å². The highest BCUT2D eigenvalue weighted by Crippen LogP contribution is 2.40. The van der Waals surface area contributed by atoms with Crippen LogP contribution in [0.2, 0.25) is 5.15 Å². The molecule has 6 rings (SSSR count). The summed E-state index contributed by atoms with van der Waals surface area (Å²) in [5.74, 6) is 1.50. The molecule has 1 amide bonds. The first-order chi connectivity index (χ1) is 29.3. The van der Waals surface area contributed by atoms with Crippen LogP contribution in [0.5, 0.6) is 0 Å². The zero-order chi connectivity index (χ0) is 44.0. The van der Waals surface area contributed by atoms with Crippen molar-refractivity contribution < 1.29 is 43.8 Å². The lowest BCUT2D eigenvalue weighted by molar-refractivity contribution is -0.144. The van der Waals surface area contributed by atoms with Gasteiger partial charge in [-0.3, -0.25) is 15.1 Å². The summed E-state index contributed by atoms with van der Waals surface area (Å²) in [6.45, 7) is 6.73. The normalized spacial score (nSPS) is 23.3. The molecule has 7 N–H and O–H groups in total. The number of nitrogens with zero attached hydrogens (tertiary/aromatic N) is 4. The molecule has 0 aliphatic carbocycles. The number of carbonyl (C=O) groups is 1. The number of aliphatic hydroxyl groups is 3. The lowest BCUT2D eigenvalue weighted by Crippen LogP contribution is -2.58. The summed E-state index contributed by atoms with van der Waals surface area (Å²) in [6, 6.07) is 14.3. The molecule has 0 radical (unpaired) electrons. The number of hydrogen-bond acceptors (Lipinski definition) is 14. The number of likely N-dealkylation sites (tertiary alicyclic amines) is 2. The largest absolute Gasteiger partial charge is 0.453 e. The van der Waals surface area contributed by atoms with Gasteiger partial charge in [0.1, 0.15) is 24.1 Å². The van der Waals surface area contributed by atoms with E-state index in [1.807, 2.05) is 66.2 Å². The number of halogens is 1. The van der Waals surface area contributed by atoms with Crippen molar-refractivity contribution in [2.75, 3.05) is 48.7 Å².